The molecule has 5 aliphatic rings. The summed E-state index contributed by atoms with van der Waals surface area (Å²) in [6, 6.07) is 0.147. The van der Waals surface area contributed by atoms with Crippen LogP contribution in [-0.2, 0) is 9.47 Å². The number of nitrogens with zero attached hydrogens (tertiary/aromatic N) is 3. The number of hydrogen-bond acceptors (Lipinski definition) is 7. The minimum Gasteiger partial charge on any atom is -0.453 e. The van der Waals surface area contributed by atoms with Gasteiger partial charge in [0.2, 0.25) is 0 Å². The zero-order valence-corrected chi connectivity index (χ0v) is 21.5. The van der Waals surface area contributed by atoms with Crippen LogP contribution in [0.3, 0.4) is 0 Å². The lowest BCUT2D eigenvalue weighted by atomic mass is 9.48. The quantitative estimate of drug-likeness (QED) is 0.524. The molecular formula is C26H39N5O5. The van der Waals surface area contributed by atoms with E-state index in [2.05, 4.69) is 20.6 Å². The third kappa shape index (κ3) is 4.85. The lowest BCUT2D eigenvalue weighted by molar-refractivity contribution is -0.0969. The smallest absolute Gasteiger partial charge is 0.407 e. The number of ether oxygens (including phenoxy) is 2. The second-order valence-electron chi connectivity index (χ2n) is 11.7. The van der Waals surface area contributed by atoms with Crippen LogP contribution in [0, 0.1) is 23.2 Å². The van der Waals surface area contributed by atoms with Crippen molar-refractivity contribution in [2.75, 3.05) is 44.9 Å². The number of carbonyl (C=O) groups is 2. The number of alkyl carbamates (subject to hydrolysis) is 1. The molecule has 1 aromatic heterocycles. The van der Waals surface area contributed by atoms with Crippen molar-refractivity contribution in [3.05, 3.63) is 17.8 Å². The van der Waals surface area contributed by atoms with E-state index in [1.165, 1.54) is 7.11 Å². The van der Waals surface area contributed by atoms with E-state index in [4.69, 9.17) is 9.47 Å². The van der Waals surface area contributed by atoms with E-state index in [9.17, 15) is 14.7 Å². The van der Waals surface area contributed by atoms with E-state index in [-0.39, 0.29) is 24.0 Å². The van der Waals surface area contributed by atoms with Crippen LogP contribution in [0.1, 0.15) is 56.3 Å². The summed E-state index contributed by atoms with van der Waals surface area (Å²) in [5, 5.41) is 20.8. The molecule has 2 atom stereocenters. The lowest BCUT2D eigenvalue weighted by Crippen LogP contribution is -2.60. The molecule has 0 aromatic carbocycles. The van der Waals surface area contributed by atoms with Gasteiger partial charge in [0.25, 0.3) is 5.91 Å². The molecule has 4 saturated carbocycles. The molecule has 1 aliphatic heterocycles. The summed E-state index contributed by atoms with van der Waals surface area (Å²) in [7, 11) is 1.33. The van der Waals surface area contributed by atoms with Gasteiger partial charge in [-0.1, -0.05) is 0 Å². The minimum atomic E-state index is -0.674. The Labute approximate surface area is 212 Å². The zero-order chi connectivity index (χ0) is 25.5. The molecule has 2 amide bonds. The molecule has 1 saturated heterocycles. The van der Waals surface area contributed by atoms with Crippen molar-refractivity contribution >= 4 is 24.0 Å². The van der Waals surface area contributed by atoms with Gasteiger partial charge in [0.05, 0.1) is 32.1 Å². The molecule has 5 fully saturated rings. The van der Waals surface area contributed by atoms with Gasteiger partial charge in [-0.05, 0) is 75.2 Å². The van der Waals surface area contributed by atoms with E-state index in [1.54, 1.807) is 17.1 Å². The number of methoxy groups -OCH3 is 1. The molecule has 198 valence electrons. The molecule has 10 nitrogen and oxygen atoms in total. The fourth-order valence-electron chi connectivity index (χ4n) is 7.18. The van der Waals surface area contributed by atoms with E-state index >= 15 is 0 Å². The van der Waals surface area contributed by atoms with Gasteiger partial charge in [0.15, 0.2) is 0 Å². The lowest BCUT2D eigenvalue weighted by Gasteiger charge is -2.59. The Balaban J connectivity index is 1.37. The largest absolute Gasteiger partial charge is 0.453 e. The molecule has 4 bridgehead atoms. The van der Waals surface area contributed by atoms with Gasteiger partial charge in [0.1, 0.15) is 11.4 Å². The number of anilines is 1. The fourth-order valence-corrected chi connectivity index (χ4v) is 7.18. The van der Waals surface area contributed by atoms with Crippen LogP contribution in [0.25, 0.3) is 6.20 Å². The molecular weight excluding hydrogens is 462 g/mol. The van der Waals surface area contributed by atoms with Gasteiger partial charge in [-0.15, -0.1) is 0 Å². The number of aliphatic hydroxyl groups excluding tert-OH is 1. The van der Waals surface area contributed by atoms with Crippen LogP contribution in [0.15, 0.2) is 12.3 Å². The van der Waals surface area contributed by atoms with E-state index < -0.39 is 11.6 Å². The first kappa shape index (κ1) is 25.1. The molecule has 6 rings (SSSR count). The van der Waals surface area contributed by atoms with Gasteiger partial charge in [-0.3, -0.25) is 4.79 Å². The molecule has 4 aliphatic carbocycles. The van der Waals surface area contributed by atoms with Crippen LogP contribution in [0.4, 0.5) is 10.6 Å². The zero-order valence-electron chi connectivity index (χ0n) is 21.5. The molecule has 2 heterocycles. The second-order valence-corrected chi connectivity index (χ2v) is 11.7. The predicted molar refractivity (Wildman–Crippen MR) is 135 cm³/mol. The Morgan fingerprint density at radius 1 is 1.25 bits per heavy atom. The minimum absolute atomic E-state index is 0.0669. The Morgan fingerprint density at radius 3 is 2.58 bits per heavy atom. The first-order chi connectivity index (χ1) is 17.2. The molecule has 10 heteroatoms. The number of morpholine rings is 1. The van der Waals surface area contributed by atoms with E-state index in [0.717, 1.165) is 37.9 Å². The topological polar surface area (TPSA) is 118 Å². The van der Waals surface area contributed by atoms with Gasteiger partial charge >= 0.3 is 6.09 Å². The van der Waals surface area contributed by atoms with Gasteiger partial charge in [-0.25, -0.2) is 9.48 Å². The Kier molecular flexibility index (Phi) is 6.76. The first-order valence-corrected chi connectivity index (χ1v) is 13.1. The summed E-state index contributed by atoms with van der Waals surface area (Å²) >= 11 is 0. The molecule has 0 radical (unpaired) electrons. The van der Waals surface area contributed by atoms with Crippen molar-refractivity contribution in [1.29, 1.82) is 0 Å². The normalized spacial score (nSPS) is 31.6. The Bertz CT molecular complexity index is 998. The monoisotopic (exact) mass is 501 g/mol. The summed E-state index contributed by atoms with van der Waals surface area (Å²) < 4.78 is 12.0. The third-order valence-electron chi connectivity index (χ3n) is 8.60. The number of amides is 2. The number of rotatable bonds is 7. The molecule has 36 heavy (non-hydrogen) atoms. The van der Waals surface area contributed by atoms with Crippen molar-refractivity contribution in [3.8, 4) is 0 Å². The second kappa shape index (κ2) is 9.70. The molecule has 2 unspecified atom stereocenters. The maximum Gasteiger partial charge on any atom is 0.407 e. The number of aliphatic hydroxyl groups is 1. The highest BCUT2D eigenvalue weighted by atomic mass is 16.5. The fraction of sp³-hybridized carbons (Fsp3) is 0.731. The van der Waals surface area contributed by atoms with E-state index in [1.807, 2.05) is 19.9 Å². The highest BCUT2D eigenvalue weighted by molar-refractivity contribution is 5.99. The Hall–Kier alpha value is -2.59. The van der Waals surface area contributed by atoms with Crippen LogP contribution >= 0.6 is 0 Å². The van der Waals surface area contributed by atoms with Gasteiger partial charge in [0, 0.05) is 31.9 Å². The van der Waals surface area contributed by atoms with Crippen LogP contribution < -0.4 is 15.5 Å². The van der Waals surface area contributed by atoms with Crippen LogP contribution in [-0.4, -0.2) is 78.5 Å². The molecule has 1 aromatic rings. The third-order valence-corrected chi connectivity index (χ3v) is 8.60. The maximum absolute atomic E-state index is 13.7. The average Bonchev–Trinajstić information content (AvgIpc) is 3.29. The van der Waals surface area contributed by atoms with Crippen molar-refractivity contribution < 1.29 is 24.2 Å². The predicted octanol–water partition coefficient (Wildman–Crippen LogP) is 2.24. The van der Waals surface area contributed by atoms with Crippen LogP contribution in [0.2, 0.25) is 0 Å². The summed E-state index contributed by atoms with van der Waals surface area (Å²) in [5.41, 5.74) is -0.0598. The first-order valence-electron chi connectivity index (χ1n) is 13.1. The standard InChI is InChI=1S/C26H39N5O5/c1-25(2,29-24(34)35-3)4-5-31-23(30-6-8-36-9-7-30)20(15-27-31)22(33)28-21-18-10-17-11-19(21)14-26(12-17,13-18)16-32/h4-5,15,17-19,21,32H,6-14,16H2,1-3H3,(H,28,33)(H,29,34)/b5-4+/t17?,18?,19?,21-,26-. The maximum atomic E-state index is 13.7. The summed E-state index contributed by atoms with van der Waals surface area (Å²) in [4.78, 5) is 27.5. The SMILES string of the molecule is COC(=O)NC(C)(C)/C=C/n1ncc(C(=O)N[C@H]2C3CC4CC2C[C@](CO)(C4)C3)c1N1CCOCC1. The number of hydrogen-bond donors (Lipinski definition) is 3. The molecule has 0 spiro atoms. The van der Waals surface area contributed by atoms with E-state index in [0.29, 0.717) is 49.6 Å². The van der Waals surface area contributed by atoms with Crippen molar-refractivity contribution in [2.45, 2.75) is 57.5 Å². The summed E-state index contributed by atoms with van der Waals surface area (Å²) in [6.45, 7) is 6.48. The average molecular weight is 502 g/mol. The van der Waals surface area contributed by atoms with Crippen molar-refractivity contribution in [2.24, 2.45) is 23.2 Å². The number of carbonyl (C=O) groups excluding carboxylic acids is 2. The Morgan fingerprint density at radius 2 is 1.94 bits per heavy atom. The summed E-state index contributed by atoms with van der Waals surface area (Å²) in [6.07, 6.45) is 10.2. The van der Waals surface area contributed by atoms with Crippen molar-refractivity contribution in [1.82, 2.24) is 20.4 Å². The number of aromatic nitrogens is 2. The summed E-state index contributed by atoms with van der Waals surface area (Å²) in [5.74, 6) is 2.18. The highest BCUT2D eigenvalue weighted by Crippen LogP contribution is 2.59. The van der Waals surface area contributed by atoms with Gasteiger partial charge in [-0.2, -0.15) is 5.10 Å². The molecule has 3 N–H and O–H groups in total. The van der Waals surface area contributed by atoms with Crippen LogP contribution in [0.5, 0.6) is 0 Å². The highest BCUT2D eigenvalue weighted by Gasteiger charge is 2.55. The van der Waals surface area contributed by atoms with Crippen molar-refractivity contribution in [3.63, 3.8) is 0 Å². The van der Waals surface area contributed by atoms with Gasteiger partial charge < -0.3 is 30.1 Å². The number of nitrogens with one attached hydrogen (secondary N) is 2.